The predicted octanol–water partition coefficient (Wildman–Crippen LogP) is 3.98. The van der Waals surface area contributed by atoms with Crippen molar-refractivity contribution in [3.63, 3.8) is 0 Å². The first-order valence-electron chi connectivity index (χ1n) is 12.9. The lowest BCUT2D eigenvalue weighted by molar-refractivity contribution is -0.139. The maximum atomic E-state index is 12.4. The molecule has 1 fully saturated rings. The third kappa shape index (κ3) is 4.92. The molecular weight excluding hydrogens is 502 g/mol. The SMILES string of the molecule is COC(=O)C1=CO[C@@H](C)[C@@H]2CN3CCc4c([nH]c5cc(OC)c(OC)cc45)[C@H]3C[C@H]12.O=C(O)c1cccnc1. The fourth-order valence-electron chi connectivity index (χ4n) is 6.05. The molecule has 5 heterocycles. The van der Waals surface area contributed by atoms with E-state index in [0.717, 1.165) is 42.9 Å². The van der Waals surface area contributed by atoms with E-state index in [1.54, 1.807) is 26.5 Å². The number of hydrogen-bond donors (Lipinski definition) is 2. The number of fused-ring (bicyclic) bond motifs is 6. The highest BCUT2D eigenvalue weighted by Gasteiger charge is 2.47. The molecule has 4 atom stereocenters. The Morgan fingerprint density at radius 2 is 1.95 bits per heavy atom. The number of hydrogen-bond acceptors (Lipinski definition) is 8. The average Bonchev–Trinajstić information content (AvgIpc) is 3.34. The van der Waals surface area contributed by atoms with E-state index in [4.69, 9.17) is 24.1 Å². The van der Waals surface area contributed by atoms with Gasteiger partial charge in [-0.05, 0) is 43.5 Å². The van der Waals surface area contributed by atoms with Crippen molar-refractivity contribution in [2.24, 2.45) is 11.8 Å². The quantitative estimate of drug-likeness (QED) is 0.478. The molecule has 1 saturated heterocycles. The Labute approximate surface area is 226 Å². The van der Waals surface area contributed by atoms with E-state index >= 15 is 0 Å². The summed E-state index contributed by atoms with van der Waals surface area (Å²) in [6, 6.07) is 7.40. The van der Waals surface area contributed by atoms with Crippen LogP contribution in [0.5, 0.6) is 11.5 Å². The van der Waals surface area contributed by atoms with Gasteiger partial charge in [-0.2, -0.15) is 0 Å². The number of methoxy groups -OCH3 is 3. The number of benzene rings is 1. The van der Waals surface area contributed by atoms with Gasteiger partial charge in [-0.1, -0.05) is 0 Å². The van der Waals surface area contributed by atoms with Crippen LogP contribution in [0.3, 0.4) is 0 Å². The van der Waals surface area contributed by atoms with Gasteiger partial charge in [0.1, 0.15) is 0 Å². The van der Waals surface area contributed by atoms with Gasteiger partial charge in [-0.15, -0.1) is 0 Å². The van der Waals surface area contributed by atoms with E-state index < -0.39 is 5.97 Å². The fourth-order valence-corrected chi connectivity index (χ4v) is 6.05. The molecule has 0 aliphatic carbocycles. The van der Waals surface area contributed by atoms with Crippen LogP contribution < -0.4 is 9.47 Å². The molecule has 3 aliphatic rings. The van der Waals surface area contributed by atoms with Crippen molar-refractivity contribution < 1.29 is 33.6 Å². The third-order valence-electron chi connectivity index (χ3n) is 8.05. The van der Waals surface area contributed by atoms with Gasteiger partial charge >= 0.3 is 11.9 Å². The zero-order chi connectivity index (χ0) is 27.7. The fraction of sp³-hybridized carbons (Fsp3) is 0.414. The summed E-state index contributed by atoms with van der Waals surface area (Å²) >= 11 is 0. The van der Waals surface area contributed by atoms with Gasteiger partial charge in [0.05, 0.1) is 50.9 Å². The van der Waals surface area contributed by atoms with Crippen molar-refractivity contribution in [1.82, 2.24) is 14.9 Å². The van der Waals surface area contributed by atoms with Gasteiger partial charge in [-0.3, -0.25) is 9.88 Å². The summed E-state index contributed by atoms with van der Waals surface area (Å²) in [7, 11) is 4.75. The van der Waals surface area contributed by atoms with Crippen LogP contribution in [0.2, 0.25) is 0 Å². The van der Waals surface area contributed by atoms with Crippen molar-refractivity contribution in [3.05, 3.63) is 65.3 Å². The topological polar surface area (TPSA) is 123 Å². The van der Waals surface area contributed by atoms with Crippen LogP contribution in [0.25, 0.3) is 10.9 Å². The van der Waals surface area contributed by atoms with E-state index in [1.165, 1.54) is 42.2 Å². The van der Waals surface area contributed by atoms with Crippen LogP contribution in [0, 0.1) is 11.8 Å². The van der Waals surface area contributed by atoms with E-state index in [9.17, 15) is 9.59 Å². The first-order chi connectivity index (χ1) is 18.9. The summed E-state index contributed by atoms with van der Waals surface area (Å²) in [5.74, 6) is 0.649. The molecule has 10 nitrogen and oxygen atoms in total. The van der Waals surface area contributed by atoms with Gasteiger partial charge in [0.15, 0.2) is 11.5 Å². The molecular formula is C29H33N3O7. The Balaban J connectivity index is 0.000000292. The van der Waals surface area contributed by atoms with E-state index in [1.807, 2.05) is 6.07 Å². The zero-order valence-corrected chi connectivity index (χ0v) is 22.5. The van der Waals surface area contributed by atoms with Crippen LogP contribution in [-0.2, 0) is 20.7 Å². The van der Waals surface area contributed by atoms with E-state index in [2.05, 4.69) is 27.9 Å². The molecule has 39 heavy (non-hydrogen) atoms. The highest BCUT2D eigenvalue weighted by Crippen LogP contribution is 2.48. The summed E-state index contributed by atoms with van der Waals surface area (Å²) in [5.41, 5.74) is 4.53. The lowest BCUT2D eigenvalue weighted by Gasteiger charge is -2.49. The Morgan fingerprint density at radius 3 is 2.59 bits per heavy atom. The standard InChI is InChI=1S/C23H28N2O5.C6H5NO2/c1-12-16-10-25-6-5-13-15-8-20(27-2)21(28-3)9-18(15)24-22(13)19(25)7-14(16)17(11-30-12)23(26)29-4;8-6(9)5-2-1-3-7-4-5/h8-9,11-12,14,16,19,24H,5-7,10H2,1-4H3;1-4H,(H,8,9)/t12-,14-,16-,19+;/m0./s1. The molecule has 0 unspecified atom stereocenters. The van der Waals surface area contributed by atoms with Crippen LogP contribution in [0.4, 0.5) is 0 Å². The molecule has 3 aliphatic heterocycles. The normalized spacial score (nSPS) is 23.5. The number of carbonyl (C=O) groups is 2. The summed E-state index contributed by atoms with van der Waals surface area (Å²) in [4.78, 5) is 32.4. The molecule has 0 bridgehead atoms. The second kappa shape index (κ2) is 11.0. The predicted molar refractivity (Wildman–Crippen MR) is 143 cm³/mol. The van der Waals surface area contributed by atoms with Gasteiger partial charge in [0.25, 0.3) is 0 Å². The van der Waals surface area contributed by atoms with Gasteiger partial charge < -0.3 is 29.0 Å². The largest absolute Gasteiger partial charge is 0.497 e. The number of aromatic nitrogens is 2. The number of ether oxygens (including phenoxy) is 4. The van der Waals surface area contributed by atoms with E-state index in [-0.39, 0.29) is 35.5 Å². The lowest BCUT2D eigenvalue weighted by atomic mass is 9.72. The summed E-state index contributed by atoms with van der Waals surface area (Å²) < 4.78 is 21.9. The number of carboxylic acids is 1. The first kappa shape index (κ1) is 26.6. The number of aromatic carboxylic acids is 1. The number of esters is 1. The maximum absolute atomic E-state index is 12.4. The molecule has 3 aromatic rings. The van der Waals surface area contributed by atoms with Crippen molar-refractivity contribution >= 4 is 22.8 Å². The highest BCUT2D eigenvalue weighted by atomic mass is 16.5. The lowest BCUT2D eigenvalue weighted by Crippen LogP contribution is -2.51. The molecule has 0 radical (unpaired) electrons. The number of aromatic amines is 1. The summed E-state index contributed by atoms with van der Waals surface area (Å²) in [6.07, 6.45) is 6.40. The molecule has 0 amide bonds. The Bertz CT molecular complexity index is 1400. The molecule has 10 heteroatoms. The number of rotatable bonds is 4. The molecule has 2 N–H and O–H groups in total. The number of carboxylic acid groups (broad SMARTS) is 1. The minimum absolute atomic E-state index is 0.0852. The van der Waals surface area contributed by atoms with Crippen LogP contribution in [0.15, 0.2) is 48.5 Å². The number of nitrogens with zero attached hydrogens (tertiary/aromatic N) is 2. The van der Waals surface area contributed by atoms with Gasteiger partial charge in [0, 0.05) is 60.0 Å². The maximum Gasteiger partial charge on any atom is 0.337 e. The van der Waals surface area contributed by atoms with Crippen molar-refractivity contribution in [2.75, 3.05) is 34.4 Å². The number of piperidine rings is 1. The Morgan fingerprint density at radius 1 is 1.18 bits per heavy atom. The Hall–Kier alpha value is -4.05. The van der Waals surface area contributed by atoms with Gasteiger partial charge in [-0.25, -0.2) is 9.59 Å². The first-order valence-corrected chi connectivity index (χ1v) is 12.9. The number of carbonyl (C=O) groups excluding carboxylic acids is 1. The molecule has 0 spiro atoms. The number of nitrogens with one attached hydrogen (secondary N) is 1. The molecule has 1 aromatic carbocycles. The van der Waals surface area contributed by atoms with Crippen LogP contribution >= 0.6 is 0 Å². The molecule has 6 rings (SSSR count). The highest BCUT2D eigenvalue weighted by molar-refractivity contribution is 5.90. The van der Waals surface area contributed by atoms with Crippen LogP contribution in [0.1, 0.15) is 41.0 Å². The van der Waals surface area contributed by atoms with Crippen molar-refractivity contribution in [3.8, 4) is 11.5 Å². The molecule has 2 aromatic heterocycles. The third-order valence-corrected chi connectivity index (χ3v) is 8.05. The van der Waals surface area contributed by atoms with E-state index in [0.29, 0.717) is 5.57 Å². The van der Waals surface area contributed by atoms with Crippen molar-refractivity contribution in [2.45, 2.75) is 31.9 Å². The van der Waals surface area contributed by atoms with Crippen molar-refractivity contribution in [1.29, 1.82) is 0 Å². The summed E-state index contributed by atoms with van der Waals surface area (Å²) in [5, 5.41) is 9.53. The Kier molecular flexibility index (Phi) is 7.47. The zero-order valence-electron chi connectivity index (χ0n) is 22.5. The van der Waals surface area contributed by atoms with Gasteiger partial charge in [0.2, 0.25) is 0 Å². The smallest absolute Gasteiger partial charge is 0.337 e. The monoisotopic (exact) mass is 535 g/mol. The second-order valence-corrected chi connectivity index (χ2v) is 9.99. The molecule has 206 valence electrons. The average molecular weight is 536 g/mol. The molecule has 0 saturated carbocycles. The summed E-state index contributed by atoms with van der Waals surface area (Å²) in [6.45, 7) is 4.00. The minimum atomic E-state index is -0.942. The van der Waals surface area contributed by atoms with Crippen LogP contribution in [-0.4, -0.2) is 72.4 Å². The number of H-pyrrole nitrogens is 1. The minimum Gasteiger partial charge on any atom is -0.497 e. The second-order valence-electron chi connectivity index (χ2n) is 9.99. The number of pyridine rings is 1.